The highest BCUT2D eigenvalue weighted by molar-refractivity contribution is 5.95. The Balaban J connectivity index is 1.19. The molecule has 1 fully saturated rings. The minimum Gasteiger partial charge on any atom is -0.373 e. The first-order valence-electron chi connectivity index (χ1n) is 13.0. The largest absolute Gasteiger partial charge is 0.373 e. The van der Waals surface area contributed by atoms with Gasteiger partial charge in [-0.15, -0.1) is 0 Å². The van der Waals surface area contributed by atoms with Gasteiger partial charge in [-0.2, -0.15) is 5.10 Å². The normalized spacial score (nSPS) is 18.4. The summed E-state index contributed by atoms with van der Waals surface area (Å²) in [5.74, 6) is 1.59. The number of morpholine rings is 1. The summed E-state index contributed by atoms with van der Waals surface area (Å²) in [6.45, 7) is 4.71. The summed E-state index contributed by atoms with van der Waals surface area (Å²) in [4.78, 5) is 21.1. The minimum atomic E-state index is 0.189. The Morgan fingerprint density at radius 1 is 0.921 bits per heavy atom. The minimum absolute atomic E-state index is 0.189. The van der Waals surface area contributed by atoms with E-state index in [1.54, 1.807) is 0 Å². The van der Waals surface area contributed by atoms with Crippen LogP contribution in [0, 0.1) is 0 Å². The van der Waals surface area contributed by atoms with Crippen molar-refractivity contribution in [2.75, 3.05) is 38.7 Å². The van der Waals surface area contributed by atoms with Gasteiger partial charge in [0.05, 0.1) is 40.3 Å². The molecule has 0 amide bonds. The molecule has 6 aromatic rings. The number of hydrogen-bond donors (Lipinski definition) is 3. The monoisotopic (exact) mass is 506 g/mol. The number of benzene rings is 3. The van der Waals surface area contributed by atoms with Crippen LogP contribution in [0.15, 0.2) is 60.7 Å². The number of aromatic nitrogens is 6. The Morgan fingerprint density at radius 3 is 2.61 bits per heavy atom. The molecule has 0 radical (unpaired) electrons. The summed E-state index contributed by atoms with van der Waals surface area (Å²) in [5, 5.41) is 8.82. The van der Waals surface area contributed by atoms with E-state index in [9.17, 15) is 0 Å². The van der Waals surface area contributed by atoms with Crippen molar-refractivity contribution in [1.29, 1.82) is 0 Å². The Labute approximate surface area is 219 Å². The molecule has 3 aromatic heterocycles. The number of nitrogens with one attached hydrogen (secondary N) is 3. The molecular formula is C29H30N8O. The van der Waals surface area contributed by atoms with Crippen LogP contribution in [0.2, 0.25) is 0 Å². The van der Waals surface area contributed by atoms with Gasteiger partial charge in [-0.1, -0.05) is 18.2 Å². The lowest BCUT2D eigenvalue weighted by Gasteiger charge is -2.40. The lowest BCUT2D eigenvalue weighted by Crippen LogP contribution is -2.51. The van der Waals surface area contributed by atoms with Crippen LogP contribution in [0.1, 0.15) is 6.92 Å². The maximum atomic E-state index is 6.06. The fraction of sp³-hybridized carbons (Fsp3) is 0.276. The van der Waals surface area contributed by atoms with Gasteiger partial charge in [-0.25, -0.2) is 9.97 Å². The number of H-pyrrole nitrogens is 3. The molecule has 4 heterocycles. The Kier molecular flexibility index (Phi) is 5.41. The third-order valence-corrected chi connectivity index (χ3v) is 7.32. The SMILES string of the molecule is CC1COC(CN(C)C)CN1c1ccc2nc(-c3n[nH]c4cc(-c5nc6ccccc6[nH]5)ccc34)[nH]c2c1. The molecule has 38 heavy (non-hydrogen) atoms. The second-order valence-electron chi connectivity index (χ2n) is 10.4. The number of rotatable bonds is 5. The second kappa shape index (κ2) is 8.97. The summed E-state index contributed by atoms with van der Waals surface area (Å²) < 4.78 is 6.06. The lowest BCUT2D eigenvalue weighted by atomic mass is 10.1. The zero-order valence-corrected chi connectivity index (χ0v) is 21.7. The molecule has 0 bridgehead atoms. The van der Waals surface area contributed by atoms with Crippen LogP contribution in [0.5, 0.6) is 0 Å². The molecule has 0 aliphatic carbocycles. The number of hydrogen-bond acceptors (Lipinski definition) is 6. The average Bonchev–Trinajstić information content (AvgIpc) is 3.64. The maximum absolute atomic E-state index is 6.06. The van der Waals surface area contributed by atoms with Crippen LogP contribution >= 0.6 is 0 Å². The van der Waals surface area contributed by atoms with Gasteiger partial charge in [-0.3, -0.25) is 5.10 Å². The number of imidazole rings is 2. The van der Waals surface area contributed by atoms with Gasteiger partial charge in [0.1, 0.15) is 11.5 Å². The summed E-state index contributed by atoms with van der Waals surface area (Å²) in [6, 6.07) is 21.0. The highest BCUT2D eigenvalue weighted by Gasteiger charge is 2.27. The number of nitrogens with zero attached hydrogens (tertiary/aromatic N) is 5. The molecule has 3 N–H and O–H groups in total. The molecule has 7 rings (SSSR count). The van der Waals surface area contributed by atoms with Crippen molar-refractivity contribution < 1.29 is 4.74 Å². The number of para-hydroxylation sites is 2. The quantitative estimate of drug-likeness (QED) is 0.310. The molecule has 9 heteroatoms. The first-order chi connectivity index (χ1) is 18.5. The molecule has 1 aliphatic heterocycles. The zero-order chi connectivity index (χ0) is 25.8. The Hall–Kier alpha value is -4.21. The first kappa shape index (κ1) is 22.9. The standard InChI is InChI=1S/C29H30N8O/c1-17-16-38-20(14-36(2)3)15-37(17)19-9-11-24-26(13-19)33-29(32-24)27-21-10-8-18(12-25(21)34-35-27)28-30-22-6-4-5-7-23(22)31-28/h4-13,17,20H,14-16H2,1-3H3,(H,30,31)(H,32,33)(H,34,35). The van der Waals surface area contributed by atoms with Crippen molar-refractivity contribution in [2.24, 2.45) is 0 Å². The van der Waals surface area contributed by atoms with Crippen LogP contribution in [0.25, 0.3) is 55.9 Å². The summed E-state index contributed by atoms with van der Waals surface area (Å²) in [7, 11) is 4.17. The van der Waals surface area contributed by atoms with Gasteiger partial charge in [0, 0.05) is 35.8 Å². The van der Waals surface area contributed by atoms with E-state index < -0.39 is 0 Å². The van der Waals surface area contributed by atoms with E-state index in [-0.39, 0.29) is 6.10 Å². The third kappa shape index (κ3) is 4.00. The van der Waals surface area contributed by atoms with E-state index in [4.69, 9.17) is 14.7 Å². The van der Waals surface area contributed by atoms with Crippen molar-refractivity contribution in [3.63, 3.8) is 0 Å². The van der Waals surface area contributed by atoms with Crippen molar-refractivity contribution in [3.05, 3.63) is 60.7 Å². The molecule has 9 nitrogen and oxygen atoms in total. The number of aromatic amines is 3. The number of fused-ring (bicyclic) bond motifs is 3. The van der Waals surface area contributed by atoms with E-state index >= 15 is 0 Å². The maximum Gasteiger partial charge on any atom is 0.159 e. The number of ether oxygens (including phenoxy) is 1. The summed E-state index contributed by atoms with van der Waals surface area (Å²) in [5.41, 5.74) is 7.82. The average molecular weight is 507 g/mol. The number of anilines is 1. The fourth-order valence-electron chi connectivity index (χ4n) is 5.42. The van der Waals surface area contributed by atoms with E-state index in [1.807, 2.05) is 24.3 Å². The summed E-state index contributed by atoms with van der Waals surface area (Å²) in [6.07, 6.45) is 0.189. The zero-order valence-electron chi connectivity index (χ0n) is 21.7. The number of likely N-dealkylation sites (N-methyl/N-ethyl adjacent to an activating group) is 1. The first-order valence-corrected chi connectivity index (χ1v) is 13.0. The van der Waals surface area contributed by atoms with E-state index in [0.717, 1.165) is 75.6 Å². The molecule has 3 aromatic carbocycles. The molecule has 1 aliphatic rings. The lowest BCUT2D eigenvalue weighted by molar-refractivity contribution is 0.00880. The van der Waals surface area contributed by atoms with Gasteiger partial charge in [-0.05, 0) is 63.5 Å². The molecule has 0 spiro atoms. The highest BCUT2D eigenvalue weighted by atomic mass is 16.5. The Bertz CT molecular complexity index is 1730. The second-order valence-corrected chi connectivity index (χ2v) is 10.4. The van der Waals surface area contributed by atoms with Gasteiger partial charge in [0.15, 0.2) is 5.82 Å². The van der Waals surface area contributed by atoms with Crippen molar-refractivity contribution in [2.45, 2.75) is 19.1 Å². The van der Waals surface area contributed by atoms with Crippen LogP contribution in [-0.2, 0) is 4.74 Å². The molecular weight excluding hydrogens is 476 g/mol. The molecule has 192 valence electrons. The van der Waals surface area contributed by atoms with Crippen molar-refractivity contribution in [1.82, 2.24) is 35.0 Å². The van der Waals surface area contributed by atoms with E-state index in [2.05, 4.69) is 87.4 Å². The van der Waals surface area contributed by atoms with Crippen molar-refractivity contribution >= 4 is 38.7 Å². The van der Waals surface area contributed by atoms with E-state index in [1.165, 1.54) is 5.69 Å². The Morgan fingerprint density at radius 2 is 1.74 bits per heavy atom. The van der Waals surface area contributed by atoms with Gasteiger partial charge in [0.25, 0.3) is 0 Å². The smallest absolute Gasteiger partial charge is 0.159 e. The van der Waals surface area contributed by atoms with Gasteiger partial charge in [0.2, 0.25) is 0 Å². The topological polar surface area (TPSA) is 102 Å². The van der Waals surface area contributed by atoms with Crippen LogP contribution < -0.4 is 4.90 Å². The molecule has 2 atom stereocenters. The van der Waals surface area contributed by atoms with Crippen molar-refractivity contribution in [3.8, 4) is 22.9 Å². The summed E-state index contributed by atoms with van der Waals surface area (Å²) >= 11 is 0. The van der Waals surface area contributed by atoms with E-state index in [0.29, 0.717) is 6.04 Å². The van der Waals surface area contributed by atoms with Gasteiger partial charge >= 0.3 is 0 Å². The van der Waals surface area contributed by atoms with Crippen LogP contribution in [0.3, 0.4) is 0 Å². The predicted molar refractivity (Wildman–Crippen MR) is 151 cm³/mol. The fourth-order valence-corrected chi connectivity index (χ4v) is 5.42. The van der Waals surface area contributed by atoms with Gasteiger partial charge < -0.3 is 24.5 Å². The van der Waals surface area contributed by atoms with Crippen LogP contribution in [0.4, 0.5) is 5.69 Å². The molecule has 0 saturated carbocycles. The molecule has 2 unspecified atom stereocenters. The predicted octanol–water partition coefficient (Wildman–Crippen LogP) is 4.80. The third-order valence-electron chi connectivity index (χ3n) is 7.32. The van der Waals surface area contributed by atoms with Crippen LogP contribution in [-0.4, -0.2) is 81.0 Å². The molecule has 1 saturated heterocycles. The highest BCUT2D eigenvalue weighted by Crippen LogP contribution is 2.31.